The van der Waals surface area contributed by atoms with Gasteiger partial charge in [0.25, 0.3) is 0 Å². The molecule has 2 amide bonds. The number of nitrogens with one attached hydrogen (secondary N) is 2. The van der Waals surface area contributed by atoms with Crippen molar-refractivity contribution in [2.75, 3.05) is 10.6 Å². The van der Waals surface area contributed by atoms with Crippen molar-refractivity contribution < 1.29 is 14.0 Å². The third-order valence-corrected chi connectivity index (χ3v) is 3.30. The second kappa shape index (κ2) is 8.24. The quantitative estimate of drug-likeness (QED) is 0.842. The first-order valence-electron chi connectivity index (χ1n) is 7.86. The van der Waals surface area contributed by atoms with Gasteiger partial charge in [-0.3, -0.25) is 9.59 Å². The Morgan fingerprint density at radius 2 is 1.54 bits per heavy atom. The summed E-state index contributed by atoms with van der Waals surface area (Å²) < 4.78 is 13.1. The summed E-state index contributed by atoms with van der Waals surface area (Å²) in [5, 5.41) is 5.56. The number of anilines is 2. The zero-order chi connectivity index (χ0) is 17.5. The van der Waals surface area contributed by atoms with Gasteiger partial charge in [-0.15, -0.1) is 0 Å². The minimum atomic E-state index is -0.359. The molecule has 4 nitrogen and oxygen atoms in total. The molecule has 2 N–H and O–H groups in total. The summed E-state index contributed by atoms with van der Waals surface area (Å²) in [5.74, 6) is -0.321. The van der Waals surface area contributed by atoms with E-state index in [2.05, 4.69) is 10.6 Å². The van der Waals surface area contributed by atoms with E-state index in [1.54, 1.807) is 36.4 Å². The Balaban J connectivity index is 1.89. The van der Waals surface area contributed by atoms with E-state index in [1.165, 1.54) is 12.1 Å². The first kappa shape index (κ1) is 17.7. The van der Waals surface area contributed by atoms with Crippen molar-refractivity contribution in [3.8, 4) is 0 Å². The number of carbonyl (C=O) groups is 2. The van der Waals surface area contributed by atoms with E-state index in [0.717, 1.165) is 0 Å². The molecule has 0 fully saturated rings. The van der Waals surface area contributed by atoms with Gasteiger partial charge in [-0.25, -0.2) is 4.39 Å². The fourth-order valence-corrected chi connectivity index (χ4v) is 2.26. The molecule has 0 atom stereocenters. The molecule has 2 rings (SSSR count). The van der Waals surface area contributed by atoms with Crippen LogP contribution in [-0.2, 0) is 16.0 Å². The fourth-order valence-electron chi connectivity index (χ4n) is 2.26. The van der Waals surface area contributed by atoms with Crippen LogP contribution in [0.5, 0.6) is 0 Å². The van der Waals surface area contributed by atoms with Crippen molar-refractivity contribution in [2.24, 2.45) is 5.92 Å². The average molecular weight is 328 g/mol. The van der Waals surface area contributed by atoms with E-state index in [1.807, 2.05) is 13.8 Å². The number of halogens is 1. The molecule has 0 heterocycles. The number of rotatable bonds is 6. The van der Waals surface area contributed by atoms with Gasteiger partial charge in [-0.1, -0.05) is 26.0 Å². The van der Waals surface area contributed by atoms with Gasteiger partial charge in [0.05, 0.1) is 6.42 Å². The predicted octanol–water partition coefficient (Wildman–Crippen LogP) is 3.99. The molecule has 0 aromatic heterocycles. The Bertz CT molecular complexity index is 712. The highest BCUT2D eigenvalue weighted by molar-refractivity contribution is 5.93. The first-order valence-corrected chi connectivity index (χ1v) is 7.86. The number of hydrogen-bond acceptors (Lipinski definition) is 2. The largest absolute Gasteiger partial charge is 0.326 e. The molecule has 0 saturated carbocycles. The lowest BCUT2D eigenvalue weighted by Gasteiger charge is -2.09. The number of amides is 2. The monoisotopic (exact) mass is 328 g/mol. The summed E-state index contributed by atoms with van der Waals surface area (Å²) in [7, 11) is 0. The lowest BCUT2D eigenvalue weighted by atomic mass is 10.1. The van der Waals surface area contributed by atoms with Gasteiger partial charge in [0, 0.05) is 17.8 Å². The lowest BCUT2D eigenvalue weighted by Crippen LogP contribution is -2.15. The summed E-state index contributed by atoms with van der Waals surface area (Å²) in [6.07, 6.45) is 0.566. The highest BCUT2D eigenvalue weighted by Crippen LogP contribution is 2.15. The Morgan fingerprint density at radius 1 is 0.958 bits per heavy atom. The van der Waals surface area contributed by atoms with Crippen molar-refractivity contribution >= 4 is 23.2 Å². The predicted molar refractivity (Wildman–Crippen MR) is 93.3 cm³/mol. The Morgan fingerprint density at radius 3 is 2.08 bits per heavy atom. The van der Waals surface area contributed by atoms with Crippen molar-refractivity contribution in [1.82, 2.24) is 0 Å². The molecule has 5 heteroatoms. The second-order valence-corrected chi connectivity index (χ2v) is 6.08. The molecule has 0 bridgehead atoms. The maximum Gasteiger partial charge on any atom is 0.228 e. The molecule has 0 spiro atoms. The van der Waals surface area contributed by atoms with E-state index in [4.69, 9.17) is 0 Å². The van der Waals surface area contributed by atoms with Gasteiger partial charge in [0.2, 0.25) is 11.8 Å². The van der Waals surface area contributed by atoms with Crippen LogP contribution in [0.3, 0.4) is 0 Å². The normalized spacial score (nSPS) is 10.5. The molecular weight excluding hydrogens is 307 g/mol. The van der Waals surface area contributed by atoms with Crippen LogP contribution in [0.1, 0.15) is 25.8 Å². The number of benzene rings is 2. The summed E-state index contributed by atoms with van der Waals surface area (Å²) in [5.41, 5.74) is 1.92. The molecule has 0 aliphatic rings. The van der Waals surface area contributed by atoms with Crippen LogP contribution in [-0.4, -0.2) is 11.8 Å². The van der Waals surface area contributed by atoms with Gasteiger partial charge < -0.3 is 10.6 Å². The summed E-state index contributed by atoms with van der Waals surface area (Å²) in [6.45, 7) is 3.97. The number of carbonyl (C=O) groups excluding carboxylic acids is 2. The molecule has 24 heavy (non-hydrogen) atoms. The fraction of sp³-hybridized carbons (Fsp3) is 0.263. The maximum absolute atomic E-state index is 13.1. The van der Waals surface area contributed by atoms with Gasteiger partial charge in [-0.2, -0.15) is 0 Å². The van der Waals surface area contributed by atoms with Crippen molar-refractivity contribution in [2.45, 2.75) is 26.7 Å². The van der Waals surface area contributed by atoms with Crippen LogP contribution in [0.4, 0.5) is 15.8 Å². The summed E-state index contributed by atoms with van der Waals surface area (Å²) >= 11 is 0. The second-order valence-electron chi connectivity index (χ2n) is 6.08. The third kappa shape index (κ3) is 5.83. The molecule has 0 aliphatic heterocycles. The molecular formula is C19H21FN2O2. The smallest absolute Gasteiger partial charge is 0.228 e. The topological polar surface area (TPSA) is 58.2 Å². The van der Waals surface area contributed by atoms with E-state index in [0.29, 0.717) is 29.3 Å². The molecule has 0 aliphatic carbocycles. The molecule has 126 valence electrons. The van der Waals surface area contributed by atoms with Crippen LogP contribution in [0.15, 0.2) is 48.5 Å². The first-order chi connectivity index (χ1) is 11.4. The van der Waals surface area contributed by atoms with Gasteiger partial charge in [-0.05, 0) is 47.9 Å². The van der Waals surface area contributed by atoms with Gasteiger partial charge in [0.1, 0.15) is 5.82 Å². The minimum absolute atomic E-state index is 0.0344. The van der Waals surface area contributed by atoms with Crippen LogP contribution < -0.4 is 10.6 Å². The van der Waals surface area contributed by atoms with Crippen LogP contribution in [0.25, 0.3) is 0 Å². The Labute approximate surface area is 141 Å². The molecule has 0 unspecified atom stereocenters. The van der Waals surface area contributed by atoms with Crippen molar-refractivity contribution in [3.63, 3.8) is 0 Å². The highest BCUT2D eigenvalue weighted by Gasteiger charge is 2.07. The minimum Gasteiger partial charge on any atom is -0.326 e. The SMILES string of the molecule is CC(C)CC(=O)Nc1ccc(NC(=O)Cc2cccc(F)c2)cc1. The average Bonchev–Trinajstić information content (AvgIpc) is 2.48. The maximum atomic E-state index is 13.1. The molecule has 0 saturated heterocycles. The van der Waals surface area contributed by atoms with E-state index >= 15 is 0 Å². The van der Waals surface area contributed by atoms with Gasteiger partial charge in [0.15, 0.2) is 0 Å². The summed E-state index contributed by atoms with van der Waals surface area (Å²) in [6, 6.07) is 12.9. The van der Waals surface area contributed by atoms with Crippen molar-refractivity contribution in [1.29, 1.82) is 0 Å². The standard InChI is InChI=1S/C19H21FN2O2/c1-13(2)10-18(23)21-16-6-8-17(9-7-16)22-19(24)12-14-4-3-5-15(20)11-14/h3-9,11,13H,10,12H2,1-2H3,(H,21,23)(H,22,24). The third-order valence-electron chi connectivity index (χ3n) is 3.30. The van der Waals surface area contributed by atoms with Crippen molar-refractivity contribution in [3.05, 3.63) is 59.9 Å². The van der Waals surface area contributed by atoms with Gasteiger partial charge >= 0.3 is 0 Å². The van der Waals surface area contributed by atoms with Crippen LogP contribution in [0, 0.1) is 11.7 Å². The summed E-state index contributed by atoms with van der Waals surface area (Å²) in [4.78, 5) is 23.7. The van der Waals surface area contributed by atoms with E-state index < -0.39 is 0 Å². The zero-order valence-corrected chi connectivity index (χ0v) is 13.8. The van der Waals surface area contributed by atoms with E-state index in [-0.39, 0.29) is 24.1 Å². The van der Waals surface area contributed by atoms with Crippen LogP contribution in [0.2, 0.25) is 0 Å². The number of hydrogen-bond donors (Lipinski definition) is 2. The lowest BCUT2D eigenvalue weighted by molar-refractivity contribution is -0.117. The Hall–Kier alpha value is -2.69. The zero-order valence-electron chi connectivity index (χ0n) is 13.8. The molecule has 2 aromatic rings. The molecule has 2 aromatic carbocycles. The Kier molecular flexibility index (Phi) is 6.07. The van der Waals surface area contributed by atoms with Crippen LogP contribution >= 0.6 is 0 Å². The highest BCUT2D eigenvalue weighted by atomic mass is 19.1. The van der Waals surface area contributed by atoms with E-state index in [9.17, 15) is 14.0 Å². The molecule has 0 radical (unpaired) electrons.